The monoisotopic (exact) mass is 245 g/mol. The lowest BCUT2D eigenvalue weighted by atomic mass is 9.98. The molecular formula is C14H31NO2. The van der Waals surface area contributed by atoms with Crippen molar-refractivity contribution in [1.29, 1.82) is 0 Å². The highest BCUT2D eigenvalue weighted by molar-refractivity contribution is 4.76. The average molecular weight is 245 g/mol. The Labute approximate surface area is 107 Å². The Kier molecular flexibility index (Phi) is 9.79. The third kappa shape index (κ3) is 9.57. The Morgan fingerprint density at radius 2 is 2.06 bits per heavy atom. The largest absolute Gasteiger partial charge is 0.389 e. The van der Waals surface area contributed by atoms with Crippen molar-refractivity contribution in [2.45, 2.75) is 58.5 Å². The molecule has 2 unspecified atom stereocenters. The summed E-state index contributed by atoms with van der Waals surface area (Å²) >= 11 is 0. The molecule has 0 saturated heterocycles. The molecule has 0 spiro atoms. The zero-order valence-electron chi connectivity index (χ0n) is 12.1. The van der Waals surface area contributed by atoms with Crippen LogP contribution in [0.15, 0.2) is 0 Å². The predicted molar refractivity (Wildman–Crippen MR) is 73.3 cm³/mol. The molecular weight excluding hydrogens is 214 g/mol. The number of unbranched alkanes of at least 4 members (excludes halogenated alkanes) is 1. The number of aliphatic hydroxyl groups is 1. The summed E-state index contributed by atoms with van der Waals surface area (Å²) in [5, 5.41) is 13.5. The maximum absolute atomic E-state index is 10.1. The topological polar surface area (TPSA) is 41.5 Å². The van der Waals surface area contributed by atoms with Crippen molar-refractivity contribution < 1.29 is 9.84 Å². The van der Waals surface area contributed by atoms with Crippen LogP contribution in [0.25, 0.3) is 0 Å². The molecule has 0 radical (unpaired) electrons. The van der Waals surface area contributed by atoms with E-state index in [1.165, 1.54) is 25.7 Å². The second-order valence-corrected chi connectivity index (χ2v) is 5.29. The van der Waals surface area contributed by atoms with Crippen molar-refractivity contribution in [2.75, 3.05) is 26.8 Å². The van der Waals surface area contributed by atoms with Gasteiger partial charge in [-0.1, -0.05) is 33.1 Å². The third-order valence-corrected chi connectivity index (χ3v) is 3.33. The SMILES string of the molecule is CCCCC(CC)CNCC(C)(O)CCOC. The van der Waals surface area contributed by atoms with E-state index >= 15 is 0 Å². The lowest BCUT2D eigenvalue weighted by Crippen LogP contribution is -2.40. The molecule has 0 aliphatic carbocycles. The normalized spacial score (nSPS) is 16.8. The highest BCUT2D eigenvalue weighted by Gasteiger charge is 2.19. The summed E-state index contributed by atoms with van der Waals surface area (Å²) in [6.45, 7) is 8.62. The van der Waals surface area contributed by atoms with Gasteiger partial charge >= 0.3 is 0 Å². The Morgan fingerprint density at radius 3 is 2.59 bits per heavy atom. The van der Waals surface area contributed by atoms with E-state index in [1.807, 2.05) is 6.92 Å². The first-order valence-corrected chi connectivity index (χ1v) is 6.97. The summed E-state index contributed by atoms with van der Waals surface area (Å²) in [4.78, 5) is 0. The molecule has 0 aliphatic heterocycles. The fourth-order valence-corrected chi connectivity index (χ4v) is 1.90. The Bertz CT molecular complexity index is 172. The maximum Gasteiger partial charge on any atom is 0.0765 e. The second kappa shape index (κ2) is 9.86. The molecule has 0 aromatic rings. The molecule has 0 heterocycles. The van der Waals surface area contributed by atoms with Crippen LogP contribution in [0, 0.1) is 5.92 Å². The number of hydrogen-bond donors (Lipinski definition) is 2. The standard InChI is InChI=1S/C14H31NO2/c1-5-7-8-13(6-2)11-15-12-14(3,16)9-10-17-4/h13,15-16H,5-12H2,1-4H3. The minimum Gasteiger partial charge on any atom is -0.389 e. The zero-order chi connectivity index (χ0) is 13.1. The van der Waals surface area contributed by atoms with Crippen molar-refractivity contribution in [3.63, 3.8) is 0 Å². The van der Waals surface area contributed by atoms with Gasteiger partial charge in [-0.3, -0.25) is 0 Å². The van der Waals surface area contributed by atoms with E-state index in [0.717, 1.165) is 12.5 Å². The Morgan fingerprint density at radius 1 is 1.35 bits per heavy atom. The van der Waals surface area contributed by atoms with Crippen LogP contribution in [0.4, 0.5) is 0 Å². The molecule has 2 atom stereocenters. The van der Waals surface area contributed by atoms with Crippen LogP contribution in [0.2, 0.25) is 0 Å². The smallest absolute Gasteiger partial charge is 0.0765 e. The lowest BCUT2D eigenvalue weighted by molar-refractivity contribution is 0.0242. The van der Waals surface area contributed by atoms with Gasteiger partial charge < -0.3 is 15.2 Å². The van der Waals surface area contributed by atoms with Crippen molar-refractivity contribution in [3.05, 3.63) is 0 Å². The van der Waals surface area contributed by atoms with Gasteiger partial charge in [-0.15, -0.1) is 0 Å². The highest BCUT2D eigenvalue weighted by Crippen LogP contribution is 2.12. The minimum absolute atomic E-state index is 0.613. The maximum atomic E-state index is 10.1. The van der Waals surface area contributed by atoms with Crippen molar-refractivity contribution in [3.8, 4) is 0 Å². The molecule has 2 N–H and O–H groups in total. The van der Waals surface area contributed by atoms with E-state index in [0.29, 0.717) is 19.6 Å². The van der Waals surface area contributed by atoms with Crippen LogP contribution in [-0.2, 0) is 4.74 Å². The van der Waals surface area contributed by atoms with Gasteiger partial charge in [-0.2, -0.15) is 0 Å². The van der Waals surface area contributed by atoms with E-state index in [4.69, 9.17) is 4.74 Å². The highest BCUT2D eigenvalue weighted by atomic mass is 16.5. The van der Waals surface area contributed by atoms with E-state index in [1.54, 1.807) is 7.11 Å². The van der Waals surface area contributed by atoms with Gasteiger partial charge in [0, 0.05) is 26.7 Å². The van der Waals surface area contributed by atoms with Gasteiger partial charge in [0.15, 0.2) is 0 Å². The molecule has 0 fully saturated rings. The molecule has 17 heavy (non-hydrogen) atoms. The van der Waals surface area contributed by atoms with E-state index in [2.05, 4.69) is 19.2 Å². The van der Waals surface area contributed by atoms with Gasteiger partial charge in [0.25, 0.3) is 0 Å². The van der Waals surface area contributed by atoms with Crippen LogP contribution >= 0.6 is 0 Å². The van der Waals surface area contributed by atoms with E-state index in [9.17, 15) is 5.11 Å². The van der Waals surface area contributed by atoms with Gasteiger partial charge in [-0.25, -0.2) is 0 Å². The van der Waals surface area contributed by atoms with Gasteiger partial charge in [0.2, 0.25) is 0 Å². The van der Waals surface area contributed by atoms with Crippen molar-refractivity contribution >= 4 is 0 Å². The van der Waals surface area contributed by atoms with Crippen molar-refractivity contribution in [1.82, 2.24) is 5.32 Å². The Hall–Kier alpha value is -0.120. The summed E-state index contributed by atoms with van der Waals surface area (Å²) in [5.74, 6) is 0.744. The fraction of sp³-hybridized carbons (Fsp3) is 1.00. The summed E-state index contributed by atoms with van der Waals surface area (Å²) in [6, 6.07) is 0. The summed E-state index contributed by atoms with van der Waals surface area (Å²) < 4.78 is 4.99. The molecule has 3 heteroatoms. The number of rotatable bonds is 11. The fourth-order valence-electron chi connectivity index (χ4n) is 1.90. The van der Waals surface area contributed by atoms with Crippen LogP contribution in [-0.4, -0.2) is 37.5 Å². The van der Waals surface area contributed by atoms with Crippen LogP contribution in [0.3, 0.4) is 0 Å². The second-order valence-electron chi connectivity index (χ2n) is 5.29. The molecule has 3 nitrogen and oxygen atoms in total. The molecule has 0 aromatic carbocycles. The first-order chi connectivity index (χ1) is 8.05. The van der Waals surface area contributed by atoms with E-state index < -0.39 is 5.60 Å². The van der Waals surface area contributed by atoms with Gasteiger partial charge in [0.1, 0.15) is 0 Å². The van der Waals surface area contributed by atoms with Crippen molar-refractivity contribution in [2.24, 2.45) is 5.92 Å². The predicted octanol–water partition coefficient (Wildman–Crippen LogP) is 2.58. The molecule has 104 valence electrons. The number of hydrogen-bond acceptors (Lipinski definition) is 3. The first kappa shape index (κ1) is 16.9. The van der Waals surface area contributed by atoms with Crippen LogP contribution < -0.4 is 5.32 Å². The summed E-state index contributed by atoms with van der Waals surface area (Å²) in [5.41, 5.74) is -0.654. The minimum atomic E-state index is -0.654. The number of ether oxygens (including phenoxy) is 1. The summed E-state index contributed by atoms with van der Waals surface area (Å²) in [6.07, 6.45) is 5.76. The number of nitrogens with one attached hydrogen (secondary N) is 1. The Balaban J connectivity index is 3.70. The van der Waals surface area contributed by atoms with Gasteiger partial charge in [-0.05, 0) is 25.8 Å². The zero-order valence-corrected chi connectivity index (χ0v) is 12.1. The molecule has 0 saturated carbocycles. The van der Waals surface area contributed by atoms with Gasteiger partial charge in [0.05, 0.1) is 5.60 Å². The third-order valence-electron chi connectivity index (χ3n) is 3.33. The summed E-state index contributed by atoms with van der Waals surface area (Å²) in [7, 11) is 1.67. The quantitative estimate of drug-likeness (QED) is 0.588. The molecule has 0 bridgehead atoms. The number of methoxy groups -OCH3 is 1. The molecule has 0 rings (SSSR count). The first-order valence-electron chi connectivity index (χ1n) is 6.97. The molecule has 0 amide bonds. The lowest BCUT2D eigenvalue weighted by Gasteiger charge is -2.25. The molecule has 0 aromatic heterocycles. The van der Waals surface area contributed by atoms with Crippen LogP contribution in [0.1, 0.15) is 52.9 Å². The average Bonchev–Trinajstić information content (AvgIpc) is 2.31. The van der Waals surface area contributed by atoms with E-state index in [-0.39, 0.29) is 0 Å². The molecule has 0 aliphatic rings. The van der Waals surface area contributed by atoms with Crippen LogP contribution in [0.5, 0.6) is 0 Å².